The van der Waals surface area contributed by atoms with Crippen LogP contribution in [-0.2, 0) is 18.6 Å². The van der Waals surface area contributed by atoms with Crippen molar-refractivity contribution >= 4 is 17.3 Å². The molecule has 1 aliphatic heterocycles. The third-order valence-electron chi connectivity index (χ3n) is 6.94. The monoisotopic (exact) mass is 500 g/mol. The molecule has 1 N–H and O–H groups in total. The third kappa shape index (κ3) is 5.61. The number of piperidine rings is 1. The van der Waals surface area contributed by atoms with Crippen molar-refractivity contribution < 1.29 is 0 Å². The van der Waals surface area contributed by atoms with Gasteiger partial charge in [-0.15, -0.1) is 10.2 Å². The van der Waals surface area contributed by atoms with Crippen molar-refractivity contribution in [1.82, 2.24) is 25.1 Å². The van der Waals surface area contributed by atoms with Gasteiger partial charge in [-0.3, -0.25) is 4.90 Å². The first-order valence-corrected chi connectivity index (χ1v) is 13.1. The van der Waals surface area contributed by atoms with E-state index in [0.717, 1.165) is 29.9 Å². The molecule has 1 aromatic heterocycles. The highest BCUT2D eigenvalue weighted by molar-refractivity contribution is 6.31. The standard InChI is InChI=1S/C29H33ClN6/c1-29(2,26-11-4-5-12-27(26)30)36-33-28(32-34-36)24-15-13-22(14-16-24)20-31-25-10-8-9-23(19-25)21-35-17-6-3-7-18-35/h4-5,8-16,19,31H,3,6-7,17-18,20-21H2,1-2H3. The zero-order valence-electron chi connectivity index (χ0n) is 21.0. The second kappa shape index (κ2) is 10.8. The van der Waals surface area contributed by atoms with Crippen LogP contribution < -0.4 is 5.32 Å². The first-order chi connectivity index (χ1) is 17.5. The molecule has 0 bridgehead atoms. The molecule has 2 heterocycles. The van der Waals surface area contributed by atoms with E-state index in [2.05, 4.69) is 62.0 Å². The summed E-state index contributed by atoms with van der Waals surface area (Å²) in [6.07, 6.45) is 4.00. The Morgan fingerprint density at radius 3 is 2.44 bits per heavy atom. The smallest absolute Gasteiger partial charge is 0.204 e. The molecule has 36 heavy (non-hydrogen) atoms. The number of aromatic nitrogens is 4. The maximum Gasteiger partial charge on any atom is 0.204 e. The van der Waals surface area contributed by atoms with Crippen LogP contribution >= 0.6 is 11.6 Å². The molecule has 1 fully saturated rings. The molecule has 0 atom stereocenters. The van der Waals surface area contributed by atoms with Crippen LogP contribution in [0.4, 0.5) is 5.69 Å². The number of nitrogens with zero attached hydrogens (tertiary/aromatic N) is 5. The summed E-state index contributed by atoms with van der Waals surface area (Å²) >= 11 is 6.43. The topological polar surface area (TPSA) is 58.9 Å². The fourth-order valence-corrected chi connectivity index (χ4v) is 5.13. The van der Waals surface area contributed by atoms with E-state index < -0.39 is 5.54 Å². The minimum absolute atomic E-state index is 0.518. The van der Waals surface area contributed by atoms with E-state index in [1.54, 1.807) is 4.80 Å². The van der Waals surface area contributed by atoms with Crippen LogP contribution in [0.5, 0.6) is 0 Å². The van der Waals surface area contributed by atoms with Crippen LogP contribution in [0.3, 0.4) is 0 Å². The number of halogens is 1. The van der Waals surface area contributed by atoms with Gasteiger partial charge in [0.1, 0.15) is 5.54 Å². The molecule has 0 saturated carbocycles. The number of rotatable bonds is 8. The van der Waals surface area contributed by atoms with Crippen molar-refractivity contribution in [2.24, 2.45) is 0 Å². The van der Waals surface area contributed by atoms with Crippen LogP contribution in [0.1, 0.15) is 49.8 Å². The predicted molar refractivity (Wildman–Crippen MR) is 146 cm³/mol. The van der Waals surface area contributed by atoms with E-state index in [1.165, 1.54) is 43.5 Å². The molecular formula is C29H33ClN6. The normalized spacial score (nSPS) is 14.6. The van der Waals surface area contributed by atoms with Crippen LogP contribution in [0.25, 0.3) is 11.4 Å². The Hall–Kier alpha value is -3.22. The second-order valence-corrected chi connectivity index (χ2v) is 10.4. The molecule has 0 amide bonds. The maximum atomic E-state index is 6.43. The SMILES string of the molecule is CC(C)(c1ccccc1Cl)n1nnc(-c2ccc(CNc3cccc(CN4CCCCC4)c3)cc2)n1. The first-order valence-electron chi connectivity index (χ1n) is 12.7. The molecule has 4 aromatic rings. The second-order valence-electron chi connectivity index (χ2n) is 10.0. The molecule has 1 saturated heterocycles. The quantitative estimate of drug-likeness (QED) is 0.304. The number of tetrazole rings is 1. The number of hydrogen-bond acceptors (Lipinski definition) is 5. The van der Waals surface area contributed by atoms with E-state index >= 15 is 0 Å². The summed E-state index contributed by atoms with van der Waals surface area (Å²) in [4.78, 5) is 4.19. The summed E-state index contributed by atoms with van der Waals surface area (Å²) in [6, 6.07) is 24.9. The minimum atomic E-state index is -0.518. The summed E-state index contributed by atoms with van der Waals surface area (Å²) in [5.41, 5.74) is 5.09. The molecule has 0 unspecified atom stereocenters. The van der Waals surface area contributed by atoms with Crippen molar-refractivity contribution in [3.8, 4) is 11.4 Å². The highest BCUT2D eigenvalue weighted by atomic mass is 35.5. The Labute approximate surface area is 218 Å². The fourth-order valence-electron chi connectivity index (χ4n) is 4.76. The lowest BCUT2D eigenvalue weighted by molar-refractivity contribution is 0.221. The Bertz CT molecular complexity index is 1290. The average Bonchev–Trinajstić information content (AvgIpc) is 3.40. The summed E-state index contributed by atoms with van der Waals surface area (Å²) in [7, 11) is 0. The zero-order valence-corrected chi connectivity index (χ0v) is 21.7. The predicted octanol–water partition coefficient (Wildman–Crippen LogP) is 6.37. The lowest BCUT2D eigenvalue weighted by Gasteiger charge is -2.26. The molecule has 0 aliphatic carbocycles. The maximum absolute atomic E-state index is 6.43. The summed E-state index contributed by atoms with van der Waals surface area (Å²) < 4.78 is 0. The molecule has 7 heteroatoms. The highest BCUT2D eigenvalue weighted by Crippen LogP contribution is 2.30. The Morgan fingerprint density at radius 2 is 1.67 bits per heavy atom. The molecular weight excluding hydrogens is 468 g/mol. The van der Waals surface area contributed by atoms with Crippen molar-refractivity contribution in [3.05, 3.63) is 94.5 Å². The molecule has 186 valence electrons. The summed E-state index contributed by atoms with van der Waals surface area (Å²) in [5, 5.41) is 17.6. The van der Waals surface area contributed by atoms with Gasteiger partial charge in [0, 0.05) is 29.4 Å². The van der Waals surface area contributed by atoms with Gasteiger partial charge in [0.2, 0.25) is 5.82 Å². The van der Waals surface area contributed by atoms with Crippen molar-refractivity contribution in [1.29, 1.82) is 0 Å². The van der Waals surface area contributed by atoms with E-state index in [9.17, 15) is 0 Å². The zero-order chi connectivity index (χ0) is 25.0. The van der Waals surface area contributed by atoms with Gasteiger partial charge in [-0.1, -0.05) is 72.6 Å². The highest BCUT2D eigenvalue weighted by Gasteiger charge is 2.28. The van der Waals surface area contributed by atoms with Crippen molar-refractivity contribution in [3.63, 3.8) is 0 Å². The number of benzene rings is 3. The van der Waals surface area contributed by atoms with Crippen LogP contribution in [0.15, 0.2) is 72.8 Å². The van der Waals surface area contributed by atoms with Gasteiger partial charge in [0.15, 0.2) is 0 Å². The van der Waals surface area contributed by atoms with Gasteiger partial charge in [-0.2, -0.15) is 4.80 Å². The fraction of sp³-hybridized carbons (Fsp3) is 0.345. The van der Waals surface area contributed by atoms with Gasteiger partial charge in [-0.05, 0) is 79.9 Å². The molecule has 3 aromatic carbocycles. The molecule has 6 nitrogen and oxygen atoms in total. The van der Waals surface area contributed by atoms with Crippen LogP contribution in [0.2, 0.25) is 5.02 Å². The third-order valence-corrected chi connectivity index (χ3v) is 7.27. The number of hydrogen-bond donors (Lipinski definition) is 1. The van der Waals surface area contributed by atoms with Gasteiger partial charge in [-0.25, -0.2) is 0 Å². The van der Waals surface area contributed by atoms with Gasteiger partial charge in [0.05, 0.1) is 0 Å². The van der Waals surface area contributed by atoms with Gasteiger partial charge in [0.25, 0.3) is 0 Å². The number of likely N-dealkylation sites (tertiary alicyclic amines) is 1. The molecule has 0 spiro atoms. The lowest BCUT2D eigenvalue weighted by Crippen LogP contribution is -2.30. The molecule has 5 rings (SSSR count). The Morgan fingerprint density at radius 1 is 0.889 bits per heavy atom. The van der Waals surface area contributed by atoms with Crippen LogP contribution in [0, 0.1) is 0 Å². The lowest BCUT2D eigenvalue weighted by atomic mass is 9.95. The van der Waals surface area contributed by atoms with Gasteiger partial charge >= 0.3 is 0 Å². The van der Waals surface area contributed by atoms with Gasteiger partial charge < -0.3 is 5.32 Å². The van der Waals surface area contributed by atoms with Crippen molar-refractivity contribution in [2.75, 3.05) is 18.4 Å². The van der Waals surface area contributed by atoms with Crippen LogP contribution in [-0.4, -0.2) is 38.2 Å². The number of nitrogens with one attached hydrogen (secondary N) is 1. The van der Waals surface area contributed by atoms with Crippen molar-refractivity contribution in [2.45, 2.75) is 51.7 Å². The molecule has 1 aliphatic rings. The largest absolute Gasteiger partial charge is 0.381 e. The van der Waals surface area contributed by atoms with E-state index in [1.807, 2.05) is 50.2 Å². The average molecular weight is 501 g/mol. The van der Waals surface area contributed by atoms with E-state index in [-0.39, 0.29) is 0 Å². The van der Waals surface area contributed by atoms with E-state index in [0.29, 0.717) is 10.8 Å². The minimum Gasteiger partial charge on any atom is -0.381 e. The molecule has 0 radical (unpaired) electrons. The Balaban J connectivity index is 1.22. The Kier molecular flexibility index (Phi) is 7.35. The summed E-state index contributed by atoms with van der Waals surface area (Å²) in [6.45, 7) is 8.29. The van der Waals surface area contributed by atoms with E-state index in [4.69, 9.17) is 11.6 Å². The summed E-state index contributed by atoms with van der Waals surface area (Å²) in [5.74, 6) is 0.597. The number of anilines is 1. The first kappa shape index (κ1) is 24.5.